The fourth-order valence-corrected chi connectivity index (χ4v) is 2.40. The third-order valence-corrected chi connectivity index (χ3v) is 3.77. The zero-order valence-electron chi connectivity index (χ0n) is 12.6. The molecular formula is C15H20F3N3O. The molecule has 0 saturated carbocycles. The average molecular weight is 315 g/mol. The first kappa shape index (κ1) is 16.6. The van der Waals surface area contributed by atoms with E-state index in [1.165, 1.54) is 6.20 Å². The molecule has 2 heterocycles. The van der Waals surface area contributed by atoms with Crippen LogP contribution in [0.25, 0.3) is 0 Å². The number of halogens is 3. The van der Waals surface area contributed by atoms with Crippen LogP contribution in [-0.4, -0.2) is 48.6 Å². The molecule has 1 aliphatic rings. The van der Waals surface area contributed by atoms with E-state index >= 15 is 0 Å². The second-order valence-corrected chi connectivity index (χ2v) is 5.55. The van der Waals surface area contributed by atoms with Crippen LogP contribution in [0.3, 0.4) is 0 Å². The second kappa shape index (κ2) is 6.98. The molecule has 1 aliphatic heterocycles. The monoisotopic (exact) mass is 315 g/mol. The first-order valence-electron chi connectivity index (χ1n) is 7.36. The molecule has 0 radical (unpaired) electrons. The number of likely N-dealkylation sites (N-methyl/N-ethyl adjacent to an activating group) is 1. The molecule has 0 unspecified atom stereocenters. The molecule has 1 aromatic rings. The van der Waals surface area contributed by atoms with Gasteiger partial charge < -0.3 is 9.80 Å². The maximum absolute atomic E-state index is 12.2. The summed E-state index contributed by atoms with van der Waals surface area (Å²) in [5.41, 5.74) is 0.573. The number of carbonyl (C=O) groups excluding carboxylic acids is 1. The highest BCUT2D eigenvalue weighted by molar-refractivity contribution is 5.78. The highest BCUT2D eigenvalue weighted by atomic mass is 19.4. The smallest absolute Gasteiger partial charge is 0.358 e. The minimum atomic E-state index is -4.14. The molecule has 0 N–H and O–H groups in total. The van der Waals surface area contributed by atoms with Crippen molar-refractivity contribution in [3.8, 4) is 0 Å². The number of amides is 1. The number of aromatic nitrogens is 1. The Morgan fingerprint density at radius 2 is 2.14 bits per heavy atom. The van der Waals surface area contributed by atoms with E-state index in [1.54, 1.807) is 12.1 Å². The normalized spacial score (nSPS) is 15.5. The lowest BCUT2D eigenvalue weighted by atomic mass is 10.1. The molecule has 0 bridgehead atoms. The number of hydrogen-bond donors (Lipinski definition) is 0. The van der Waals surface area contributed by atoms with E-state index < -0.39 is 12.6 Å². The number of carbonyl (C=O) groups is 1. The van der Waals surface area contributed by atoms with Crippen molar-refractivity contribution in [2.75, 3.05) is 31.6 Å². The van der Waals surface area contributed by atoms with Gasteiger partial charge in [0.1, 0.15) is 5.82 Å². The van der Waals surface area contributed by atoms with Crippen molar-refractivity contribution in [2.45, 2.75) is 31.9 Å². The first-order valence-corrected chi connectivity index (χ1v) is 7.36. The molecule has 1 fully saturated rings. The number of aryl methyl sites for hydroxylation is 1. The van der Waals surface area contributed by atoms with E-state index in [0.29, 0.717) is 30.9 Å². The lowest BCUT2D eigenvalue weighted by Gasteiger charge is -2.22. The Labute approximate surface area is 127 Å². The van der Waals surface area contributed by atoms with Gasteiger partial charge in [-0.15, -0.1) is 0 Å². The Bertz CT molecular complexity index is 502. The van der Waals surface area contributed by atoms with Crippen molar-refractivity contribution >= 4 is 11.7 Å². The zero-order chi connectivity index (χ0) is 16.2. The number of alkyl halides is 3. The van der Waals surface area contributed by atoms with Gasteiger partial charge in [0.2, 0.25) is 5.91 Å². The third-order valence-electron chi connectivity index (χ3n) is 3.77. The molecule has 1 amide bonds. The van der Waals surface area contributed by atoms with Crippen LogP contribution in [0.1, 0.15) is 24.8 Å². The second-order valence-electron chi connectivity index (χ2n) is 5.55. The highest BCUT2D eigenvalue weighted by Gasteiger charge is 2.26. The van der Waals surface area contributed by atoms with E-state index in [-0.39, 0.29) is 12.3 Å². The van der Waals surface area contributed by atoms with Crippen molar-refractivity contribution in [2.24, 2.45) is 0 Å². The zero-order valence-corrected chi connectivity index (χ0v) is 12.6. The van der Waals surface area contributed by atoms with E-state index in [1.807, 2.05) is 16.8 Å². The maximum Gasteiger partial charge on any atom is 0.389 e. The van der Waals surface area contributed by atoms with Gasteiger partial charge in [0, 0.05) is 45.7 Å². The summed E-state index contributed by atoms with van der Waals surface area (Å²) in [6, 6.07) is 3.39. The van der Waals surface area contributed by atoms with Crippen LogP contribution in [0.15, 0.2) is 18.3 Å². The van der Waals surface area contributed by atoms with Gasteiger partial charge in [-0.25, -0.2) is 4.98 Å². The summed E-state index contributed by atoms with van der Waals surface area (Å²) in [6.07, 6.45) is -2.01. The fourth-order valence-electron chi connectivity index (χ4n) is 2.40. The SMILES string of the molecule is CN(CCN1CCCC1=O)c1ccc(CCC(F)(F)F)cn1. The molecule has 1 aromatic heterocycles. The van der Waals surface area contributed by atoms with Crippen LogP contribution >= 0.6 is 0 Å². The molecule has 122 valence electrons. The Kier molecular flexibility index (Phi) is 5.26. The lowest BCUT2D eigenvalue weighted by Crippen LogP contribution is -2.34. The van der Waals surface area contributed by atoms with Crippen LogP contribution < -0.4 is 4.90 Å². The number of pyridine rings is 1. The molecule has 4 nitrogen and oxygen atoms in total. The Hall–Kier alpha value is -1.79. The number of anilines is 1. The molecule has 22 heavy (non-hydrogen) atoms. The van der Waals surface area contributed by atoms with Crippen LogP contribution in [0, 0.1) is 0 Å². The van der Waals surface area contributed by atoms with Crippen molar-refractivity contribution in [1.29, 1.82) is 0 Å². The van der Waals surface area contributed by atoms with Crippen LogP contribution in [-0.2, 0) is 11.2 Å². The summed E-state index contributed by atoms with van der Waals surface area (Å²) in [5.74, 6) is 0.881. The van der Waals surface area contributed by atoms with Crippen LogP contribution in [0.4, 0.5) is 19.0 Å². The third kappa shape index (κ3) is 4.89. The van der Waals surface area contributed by atoms with Gasteiger partial charge in [-0.2, -0.15) is 13.2 Å². The molecule has 7 heteroatoms. The number of hydrogen-bond acceptors (Lipinski definition) is 3. The first-order chi connectivity index (χ1) is 10.3. The van der Waals surface area contributed by atoms with Gasteiger partial charge in [-0.3, -0.25) is 4.79 Å². The fraction of sp³-hybridized carbons (Fsp3) is 0.600. The van der Waals surface area contributed by atoms with Crippen molar-refractivity contribution in [3.05, 3.63) is 23.9 Å². The minimum Gasteiger partial charge on any atom is -0.358 e. The Morgan fingerprint density at radius 3 is 2.68 bits per heavy atom. The van der Waals surface area contributed by atoms with Gasteiger partial charge in [-0.1, -0.05) is 6.07 Å². The van der Waals surface area contributed by atoms with E-state index in [4.69, 9.17) is 0 Å². The van der Waals surface area contributed by atoms with Gasteiger partial charge in [0.05, 0.1) is 0 Å². The summed E-state index contributed by atoms with van der Waals surface area (Å²) >= 11 is 0. The number of rotatable bonds is 6. The van der Waals surface area contributed by atoms with E-state index in [2.05, 4.69) is 4.98 Å². The summed E-state index contributed by atoms with van der Waals surface area (Å²) in [6.45, 7) is 2.10. The molecule has 0 atom stereocenters. The quantitative estimate of drug-likeness (QED) is 0.810. The van der Waals surface area contributed by atoms with Crippen LogP contribution in [0.2, 0.25) is 0 Å². The summed E-state index contributed by atoms with van der Waals surface area (Å²) in [4.78, 5) is 19.4. The molecule has 0 aromatic carbocycles. The van der Waals surface area contributed by atoms with Gasteiger partial charge in [0.25, 0.3) is 0 Å². The van der Waals surface area contributed by atoms with Crippen LogP contribution in [0.5, 0.6) is 0 Å². The van der Waals surface area contributed by atoms with Crippen molar-refractivity contribution in [1.82, 2.24) is 9.88 Å². The highest BCUT2D eigenvalue weighted by Crippen LogP contribution is 2.22. The van der Waals surface area contributed by atoms with E-state index in [9.17, 15) is 18.0 Å². The standard InChI is InChI=1S/C15H20F3N3O/c1-20(9-10-21-8-2-3-14(21)22)13-5-4-12(11-19-13)6-7-15(16,17)18/h4-5,11H,2-3,6-10H2,1H3. The van der Waals surface area contributed by atoms with Gasteiger partial charge >= 0.3 is 6.18 Å². The minimum absolute atomic E-state index is 0.0528. The molecule has 1 saturated heterocycles. The average Bonchev–Trinajstić information content (AvgIpc) is 2.88. The Morgan fingerprint density at radius 1 is 1.36 bits per heavy atom. The summed E-state index contributed by atoms with van der Waals surface area (Å²) in [5, 5.41) is 0. The lowest BCUT2D eigenvalue weighted by molar-refractivity contribution is -0.134. The Balaban J connectivity index is 1.82. The number of nitrogens with zero attached hydrogens (tertiary/aromatic N) is 3. The molecule has 0 spiro atoms. The van der Waals surface area contributed by atoms with Gasteiger partial charge in [-0.05, 0) is 24.5 Å². The molecule has 2 rings (SSSR count). The van der Waals surface area contributed by atoms with Crippen molar-refractivity contribution < 1.29 is 18.0 Å². The molecular weight excluding hydrogens is 295 g/mol. The van der Waals surface area contributed by atoms with Crippen molar-refractivity contribution in [3.63, 3.8) is 0 Å². The topological polar surface area (TPSA) is 36.4 Å². The van der Waals surface area contributed by atoms with E-state index in [0.717, 1.165) is 13.0 Å². The summed E-state index contributed by atoms with van der Waals surface area (Å²) in [7, 11) is 1.86. The summed E-state index contributed by atoms with van der Waals surface area (Å²) < 4.78 is 36.5. The largest absolute Gasteiger partial charge is 0.389 e. The maximum atomic E-state index is 12.2. The number of likely N-dealkylation sites (tertiary alicyclic amines) is 1. The predicted molar refractivity (Wildman–Crippen MR) is 77.7 cm³/mol. The predicted octanol–water partition coefficient (Wildman–Crippen LogP) is 2.64. The van der Waals surface area contributed by atoms with Gasteiger partial charge in [0.15, 0.2) is 0 Å². The molecule has 0 aliphatic carbocycles.